The molecule has 0 bridgehead atoms. The van der Waals surface area contributed by atoms with Gasteiger partial charge in [-0.2, -0.15) is 0 Å². The second-order valence-corrected chi connectivity index (χ2v) is 2.20. The lowest BCUT2D eigenvalue weighted by molar-refractivity contribution is -0.143. The molecule has 1 rings (SSSR count). The second-order valence-electron chi connectivity index (χ2n) is 2.20. The van der Waals surface area contributed by atoms with E-state index in [-0.39, 0.29) is 0 Å². The van der Waals surface area contributed by atoms with Crippen LogP contribution in [0.2, 0.25) is 0 Å². The summed E-state index contributed by atoms with van der Waals surface area (Å²) in [5.74, 6) is -1.77. The molecule has 0 atom stereocenters. The largest absolute Gasteiger partial charge is 0.492 e. The molecule has 14 heavy (non-hydrogen) atoms. The number of carbonyl (C=O) groups excluding carboxylic acids is 1. The fourth-order valence-corrected chi connectivity index (χ4v) is 0.715. The molecule has 0 aliphatic rings. The Balaban J connectivity index is 2.69. The van der Waals surface area contributed by atoms with Crippen LogP contribution in [0.4, 0.5) is 0 Å². The molecule has 0 aliphatic carbocycles. The van der Waals surface area contributed by atoms with Gasteiger partial charge < -0.3 is 15.1 Å². The van der Waals surface area contributed by atoms with Crippen LogP contribution in [-0.4, -0.2) is 27.5 Å². The molecule has 8 heteroatoms. The van der Waals surface area contributed by atoms with Gasteiger partial charge in [0.1, 0.15) is 6.54 Å². The summed E-state index contributed by atoms with van der Waals surface area (Å²) in [7, 11) is 0. The van der Waals surface area contributed by atoms with Crippen molar-refractivity contribution in [3.05, 3.63) is 22.6 Å². The molecular formula is C6H6N4O4. The smallest absolute Gasteiger partial charge is 0.339 e. The van der Waals surface area contributed by atoms with Gasteiger partial charge in [0.2, 0.25) is 11.8 Å². The Hall–Kier alpha value is -2.34. The third-order valence-electron chi connectivity index (χ3n) is 1.25. The highest BCUT2D eigenvalue weighted by molar-refractivity contribution is 5.72. The van der Waals surface area contributed by atoms with E-state index in [2.05, 4.69) is 14.9 Å². The maximum atomic E-state index is 10.8. The van der Waals surface area contributed by atoms with E-state index in [1.165, 1.54) is 0 Å². The number of aromatic nitrogens is 1. The van der Waals surface area contributed by atoms with Crippen molar-refractivity contribution >= 4 is 5.97 Å². The molecule has 0 amide bonds. The van der Waals surface area contributed by atoms with E-state index in [1.807, 2.05) is 0 Å². The fourth-order valence-electron chi connectivity index (χ4n) is 0.715. The van der Waals surface area contributed by atoms with Gasteiger partial charge in [-0.25, -0.2) is 4.79 Å². The van der Waals surface area contributed by atoms with Gasteiger partial charge >= 0.3 is 5.97 Å². The number of nitrogens with zero attached hydrogens (tertiary/aromatic N) is 4. The Morgan fingerprint density at radius 1 is 1.57 bits per heavy atom. The number of aromatic hydroxyl groups is 2. The Labute approximate surface area is 77.5 Å². The molecule has 2 N–H and O–H groups in total. The minimum Gasteiger partial charge on any atom is -0.492 e. The van der Waals surface area contributed by atoms with Gasteiger partial charge in [-0.15, -0.1) is 4.73 Å². The summed E-state index contributed by atoms with van der Waals surface area (Å²) in [6.07, 6.45) is 0. The first-order valence-corrected chi connectivity index (χ1v) is 3.47. The molecule has 0 aliphatic heterocycles. The summed E-state index contributed by atoms with van der Waals surface area (Å²) in [6.45, 7) is -0.520. The van der Waals surface area contributed by atoms with E-state index < -0.39 is 24.3 Å². The lowest BCUT2D eigenvalue weighted by Gasteiger charge is -2.04. The topological polar surface area (TPSA) is 120 Å². The van der Waals surface area contributed by atoms with Crippen molar-refractivity contribution < 1.29 is 19.8 Å². The Morgan fingerprint density at radius 3 is 2.64 bits per heavy atom. The van der Waals surface area contributed by atoms with E-state index in [0.717, 1.165) is 12.1 Å². The Bertz CT molecular complexity index is 373. The van der Waals surface area contributed by atoms with Crippen LogP contribution in [0.1, 0.15) is 0 Å². The zero-order chi connectivity index (χ0) is 10.6. The van der Waals surface area contributed by atoms with Crippen LogP contribution in [0.25, 0.3) is 10.4 Å². The quantitative estimate of drug-likeness (QED) is 0.408. The standard InChI is InChI=1S/C6H6N4O4/c7-9-8-3-6(13)14-10-4(11)1-2-5(10)12/h1-2,11-12H,3H2. The second kappa shape index (κ2) is 4.06. The molecule has 0 saturated heterocycles. The highest BCUT2D eigenvalue weighted by Gasteiger charge is 2.10. The molecule has 8 nitrogen and oxygen atoms in total. The maximum absolute atomic E-state index is 10.8. The number of carbonyl (C=O) groups is 1. The van der Waals surface area contributed by atoms with E-state index in [0.29, 0.717) is 4.73 Å². The summed E-state index contributed by atoms with van der Waals surface area (Å²) >= 11 is 0. The zero-order valence-electron chi connectivity index (χ0n) is 6.86. The van der Waals surface area contributed by atoms with E-state index in [4.69, 9.17) is 15.7 Å². The summed E-state index contributed by atoms with van der Waals surface area (Å²) in [5, 5.41) is 21.0. The minimum absolute atomic E-state index is 0.434. The van der Waals surface area contributed by atoms with Crippen molar-refractivity contribution in [1.29, 1.82) is 0 Å². The highest BCUT2D eigenvalue weighted by Crippen LogP contribution is 2.18. The maximum Gasteiger partial charge on any atom is 0.339 e. The molecule has 0 unspecified atom stereocenters. The van der Waals surface area contributed by atoms with E-state index >= 15 is 0 Å². The van der Waals surface area contributed by atoms with Crippen LogP contribution >= 0.6 is 0 Å². The van der Waals surface area contributed by atoms with Crippen molar-refractivity contribution in [3.63, 3.8) is 0 Å². The predicted octanol–water partition coefficient (Wildman–Crippen LogP) is 0.165. The highest BCUT2D eigenvalue weighted by atomic mass is 16.7. The van der Waals surface area contributed by atoms with E-state index in [9.17, 15) is 4.79 Å². The number of azide groups is 1. The van der Waals surface area contributed by atoms with Crippen LogP contribution in [0.3, 0.4) is 0 Å². The van der Waals surface area contributed by atoms with Crippen LogP contribution in [-0.2, 0) is 4.79 Å². The first-order valence-electron chi connectivity index (χ1n) is 3.47. The van der Waals surface area contributed by atoms with Crippen molar-refractivity contribution in [1.82, 2.24) is 4.73 Å². The lowest BCUT2D eigenvalue weighted by atomic mass is 10.6. The van der Waals surface area contributed by atoms with Gasteiger partial charge in [-0.1, -0.05) is 5.11 Å². The van der Waals surface area contributed by atoms with Crippen LogP contribution < -0.4 is 4.84 Å². The first kappa shape index (κ1) is 9.75. The van der Waals surface area contributed by atoms with Gasteiger partial charge in [0, 0.05) is 17.0 Å². The zero-order valence-corrected chi connectivity index (χ0v) is 6.86. The van der Waals surface area contributed by atoms with Gasteiger partial charge in [-0.05, 0) is 5.53 Å². The van der Waals surface area contributed by atoms with Crippen molar-refractivity contribution in [3.8, 4) is 11.8 Å². The summed E-state index contributed by atoms with van der Waals surface area (Å²) in [4.78, 5) is 17.6. The SMILES string of the molecule is [N-]=[N+]=NCC(=O)On1c(O)ccc1O. The van der Waals surface area contributed by atoms with Gasteiger partial charge in [0.25, 0.3) is 0 Å². The fraction of sp³-hybridized carbons (Fsp3) is 0.167. The number of hydrogen-bond acceptors (Lipinski definition) is 5. The van der Waals surface area contributed by atoms with E-state index in [1.54, 1.807) is 0 Å². The van der Waals surface area contributed by atoms with Crippen LogP contribution in [0.5, 0.6) is 11.8 Å². The summed E-state index contributed by atoms with van der Waals surface area (Å²) in [6, 6.07) is 2.27. The lowest BCUT2D eigenvalue weighted by Crippen LogP contribution is -2.20. The summed E-state index contributed by atoms with van der Waals surface area (Å²) < 4.78 is 0.509. The van der Waals surface area contributed by atoms with Crippen LogP contribution in [0, 0.1) is 0 Å². The number of rotatable bonds is 3. The molecule has 74 valence electrons. The minimum atomic E-state index is -0.899. The van der Waals surface area contributed by atoms with Gasteiger partial charge in [-0.3, -0.25) is 0 Å². The average Bonchev–Trinajstić information content (AvgIpc) is 2.46. The third kappa shape index (κ3) is 2.08. The van der Waals surface area contributed by atoms with Crippen molar-refractivity contribution in [2.24, 2.45) is 5.11 Å². The number of hydrogen-bond donors (Lipinski definition) is 2. The third-order valence-corrected chi connectivity index (χ3v) is 1.25. The normalized spacial score (nSPS) is 9.14. The Morgan fingerprint density at radius 2 is 2.14 bits per heavy atom. The Kier molecular flexibility index (Phi) is 2.82. The summed E-state index contributed by atoms with van der Waals surface area (Å²) in [5.41, 5.74) is 7.90. The molecule has 1 heterocycles. The van der Waals surface area contributed by atoms with Gasteiger partial charge in [0.05, 0.1) is 0 Å². The molecule has 0 spiro atoms. The molecule has 0 saturated carbocycles. The molecule has 0 aromatic carbocycles. The average molecular weight is 198 g/mol. The molecule has 1 aromatic rings. The van der Waals surface area contributed by atoms with Crippen molar-refractivity contribution in [2.45, 2.75) is 0 Å². The van der Waals surface area contributed by atoms with Gasteiger partial charge in [0.15, 0.2) is 0 Å². The molecule has 0 fully saturated rings. The monoisotopic (exact) mass is 198 g/mol. The molecular weight excluding hydrogens is 192 g/mol. The van der Waals surface area contributed by atoms with Crippen molar-refractivity contribution in [2.75, 3.05) is 6.54 Å². The molecule has 1 aromatic heterocycles. The molecule has 0 radical (unpaired) electrons. The predicted molar refractivity (Wildman–Crippen MR) is 43.4 cm³/mol. The van der Waals surface area contributed by atoms with Crippen LogP contribution in [0.15, 0.2) is 17.2 Å². The first-order chi connectivity index (χ1) is 6.65.